The number of carbonyl (C=O) groups is 1. The molecule has 0 aromatic heterocycles. The van der Waals surface area contributed by atoms with Gasteiger partial charge in [-0.2, -0.15) is 18.8 Å². The Kier molecular flexibility index (Phi) is 7.29. The van der Waals surface area contributed by atoms with Crippen LogP contribution in [0.15, 0.2) is 0 Å². The number of carbonyl (C=O) groups excluding carboxylic acids is 1. The van der Waals surface area contributed by atoms with Gasteiger partial charge in [-0.3, -0.25) is 0 Å². The van der Waals surface area contributed by atoms with Crippen LogP contribution in [0.4, 0.5) is 0 Å². The van der Waals surface area contributed by atoms with Crippen molar-refractivity contribution in [3.63, 3.8) is 0 Å². The molecule has 0 heterocycles. The summed E-state index contributed by atoms with van der Waals surface area (Å²) in [5, 5.41) is 1.66. The summed E-state index contributed by atoms with van der Waals surface area (Å²) in [6.07, 6.45) is 2.84. The molecule has 1 atom stereocenters. The van der Waals surface area contributed by atoms with Crippen LogP contribution in [0.1, 0.15) is 13.3 Å². The van der Waals surface area contributed by atoms with Gasteiger partial charge in [0.2, 0.25) is 0 Å². The molecule has 2 N–H and O–H groups in total. The normalized spacial score (nSPS) is 12.6. The third-order valence-corrected chi connectivity index (χ3v) is 2.15. The van der Waals surface area contributed by atoms with E-state index in [0.29, 0.717) is 6.61 Å². The molecule has 0 bridgehead atoms. The fourth-order valence-corrected chi connectivity index (χ4v) is 1.32. The second kappa shape index (κ2) is 7.43. The summed E-state index contributed by atoms with van der Waals surface area (Å²) in [6.45, 7) is 2.26. The summed E-state index contributed by atoms with van der Waals surface area (Å²) in [6, 6.07) is -0.127. The maximum Gasteiger partial charge on any atom is 0.362 e. The van der Waals surface area contributed by atoms with Crippen LogP contribution in [0.25, 0.3) is 0 Å². The van der Waals surface area contributed by atoms with Gasteiger partial charge < -0.3 is 10.1 Å². The van der Waals surface area contributed by atoms with Crippen molar-refractivity contribution >= 4 is 17.7 Å². The fourth-order valence-electron chi connectivity index (χ4n) is 0.826. The maximum atomic E-state index is 11.2. The molecule has 0 unspecified atom stereocenters. The average molecular weight is 191 g/mol. The van der Waals surface area contributed by atoms with E-state index in [4.69, 9.17) is 4.74 Å². The second-order valence-electron chi connectivity index (χ2n) is 2.38. The van der Waals surface area contributed by atoms with E-state index in [-0.39, 0.29) is 12.0 Å². The lowest BCUT2D eigenvalue weighted by atomic mass is 10.2. The van der Waals surface area contributed by atoms with Crippen LogP contribution in [0, 0.1) is 7.05 Å². The van der Waals surface area contributed by atoms with Gasteiger partial charge in [-0.1, -0.05) is 0 Å². The van der Waals surface area contributed by atoms with Crippen LogP contribution >= 0.6 is 11.8 Å². The number of thioether (sulfide) groups is 1. The number of esters is 1. The molecule has 72 valence electrons. The van der Waals surface area contributed by atoms with Crippen LogP contribution < -0.4 is 5.32 Å². The molecular weight excluding hydrogens is 174 g/mol. The zero-order valence-electron chi connectivity index (χ0n) is 7.71. The van der Waals surface area contributed by atoms with Crippen molar-refractivity contribution < 1.29 is 14.8 Å². The van der Waals surface area contributed by atoms with Crippen molar-refractivity contribution in [2.24, 2.45) is 0 Å². The Labute approximate surface area is 78.2 Å². The summed E-state index contributed by atoms with van der Waals surface area (Å²) in [5.74, 6) is 0.816. The van der Waals surface area contributed by atoms with E-state index in [1.54, 1.807) is 17.1 Å². The van der Waals surface area contributed by atoms with E-state index in [0.717, 1.165) is 12.2 Å². The van der Waals surface area contributed by atoms with Gasteiger partial charge in [-0.25, -0.2) is 4.79 Å². The topological polar surface area (TPSA) is 42.9 Å². The van der Waals surface area contributed by atoms with Gasteiger partial charge in [0.1, 0.15) is 0 Å². The van der Waals surface area contributed by atoms with Gasteiger partial charge in [0.15, 0.2) is 6.04 Å². The standard InChI is InChI=1S/C8H17NO2S/c1-4-11-8(10)7(9-2)5-6-12-3/h7H,2,4-6,9H2,1,3H3/t7-/m0/s1. The van der Waals surface area contributed by atoms with Crippen molar-refractivity contribution in [1.29, 1.82) is 0 Å². The summed E-state index contributed by atoms with van der Waals surface area (Å²) in [5.41, 5.74) is 0. The number of nitrogens with two attached hydrogens (primary N) is 1. The minimum Gasteiger partial charge on any atom is -0.467 e. The minimum absolute atomic E-state index is 0.127. The molecule has 0 radical (unpaired) electrons. The van der Waals surface area contributed by atoms with E-state index in [1.165, 1.54) is 0 Å². The quantitative estimate of drug-likeness (QED) is 0.476. The molecule has 0 spiro atoms. The summed E-state index contributed by atoms with van der Waals surface area (Å²) >= 11 is 1.73. The van der Waals surface area contributed by atoms with Crippen LogP contribution in [-0.2, 0) is 9.53 Å². The number of rotatable bonds is 6. The predicted molar refractivity (Wildman–Crippen MR) is 50.7 cm³/mol. The maximum absolute atomic E-state index is 11.2. The van der Waals surface area contributed by atoms with Gasteiger partial charge in [-0.15, -0.1) is 0 Å². The van der Waals surface area contributed by atoms with E-state index < -0.39 is 0 Å². The predicted octanol–water partition coefficient (Wildman–Crippen LogP) is 0.0262. The molecule has 0 rings (SSSR count). The molecule has 0 saturated heterocycles. The fraction of sp³-hybridized carbons (Fsp3) is 0.750. The average Bonchev–Trinajstić information content (AvgIpc) is 2.06. The second-order valence-corrected chi connectivity index (χ2v) is 3.36. The van der Waals surface area contributed by atoms with E-state index in [2.05, 4.69) is 7.05 Å². The molecule has 4 heteroatoms. The highest BCUT2D eigenvalue weighted by Crippen LogP contribution is 1.99. The summed E-state index contributed by atoms with van der Waals surface area (Å²) < 4.78 is 4.87. The lowest BCUT2D eigenvalue weighted by Gasteiger charge is -2.13. The van der Waals surface area contributed by atoms with Crippen LogP contribution in [0.2, 0.25) is 0 Å². The van der Waals surface area contributed by atoms with Crippen LogP contribution in [0.3, 0.4) is 0 Å². The van der Waals surface area contributed by atoms with Gasteiger partial charge in [-0.05, 0) is 18.9 Å². The Morgan fingerprint density at radius 3 is 2.83 bits per heavy atom. The van der Waals surface area contributed by atoms with Crippen LogP contribution in [-0.4, -0.2) is 30.6 Å². The van der Waals surface area contributed by atoms with Crippen molar-refractivity contribution in [2.75, 3.05) is 18.6 Å². The van der Waals surface area contributed by atoms with E-state index >= 15 is 0 Å². The molecule has 0 aliphatic carbocycles. The monoisotopic (exact) mass is 191 g/mol. The molecule has 0 aliphatic rings. The van der Waals surface area contributed by atoms with Crippen molar-refractivity contribution in [3.8, 4) is 0 Å². The summed E-state index contributed by atoms with van der Waals surface area (Å²) in [7, 11) is 3.61. The molecule has 0 amide bonds. The molecule has 0 aromatic rings. The Morgan fingerprint density at radius 1 is 1.75 bits per heavy atom. The molecule has 0 aromatic carbocycles. The van der Waals surface area contributed by atoms with Gasteiger partial charge in [0, 0.05) is 6.42 Å². The van der Waals surface area contributed by atoms with Crippen molar-refractivity contribution in [3.05, 3.63) is 7.05 Å². The van der Waals surface area contributed by atoms with Gasteiger partial charge in [0.25, 0.3) is 0 Å². The van der Waals surface area contributed by atoms with E-state index in [1.807, 2.05) is 13.2 Å². The number of quaternary nitrogens is 1. The molecule has 0 saturated carbocycles. The molecule has 3 nitrogen and oxygen atoms in total. The minimum atomic E-state index is -0.151. The Hall–Kier alpha value is -0.220. The zero-order valence-corrected chi connectivity index (χ0v) is 8.52. The SMILES string of the molecule is [CH2-][NH2+][C@@H](CCSC)C(=O)OCC. The molecule has 0 aliphatic heterocycles. The largest absolute Gasteiger partial charge is 0.467 e. The highest BCUT2D eigenvalue weighted by atomic mass is 32.2. The number of hydrogen-bond donors (Lipinski definition) is 1. The van der Waals surface area contributed by atoms with Crippen molar-refractivity contribution in [1.82, 2.24) is 0 Å². The Bertz CT molecular complexity index is 130. The molecule has 12 heavy (non-hydrogen) atoms. The first kappa shape index (κ1) is 11.8. The molecular formula is C8H17NO2S. The van der Waals surface area contributed by atoms with Gasteiger partial charge in [0.05, 0.1) is 6.61 Å². The molecule has 0 fully saturated rings. The number of ether oxygens (including phenoxy) is 1. The lowest BCUT2D eigenvalue weighted by Crippen LogP contribution is -2.86. The summed E-state index contributed by atoms with van der Waals surface area (Å²) in [4.78, 5) is 11.2. The first-order valence-electron chi connectivity index (χ1n) is 4.04. The lowest BCUT2D eigenvalue weighted by molar-refractivity contribution is -0.622. The smallest absolute Gasteiger partial charge is 0.362 e. The van der Waals surface area contributed by atoms with Crippen LogP contribution in [0.5, 0.6) is 0 Å². The highest BCUT2D eigenvalue weighted by molar-refractivity contribution is 7.98. The zero-order chi connectivity index (χ0) is 9.40. The first-order chi connectivity index (χ1) is 5.76. The third kappa shape index (κ3) is 4.62. The first-order valence-corrected chi connectivity index (χ1v) is 5.43. The highest BCUT2D eigenvalue weighted by Gasteiger charge is 2.17. The Morgan fingerprint density at radius 2 is 2.42 bits per heavy atom. The number of hydrogen-bond acceptors (Lipinski definition) is 3. The third-order valence-electron chi connectivity index (χ3n) is 1.51. The Balaban J connectivity index is 3.71. The van der Waals surface area contributed by atoms with Crippen molar-refractivity contribution in [2.45, 2.75) is 19.4 Å². The van der Waals surface area contributed by atoms with E-state index in [9.17, 15) is 4.79 Å². The van der Waals surface area contributed by atoms with Gasteiger partial charge >= 0.3 is 5.97 Å².